The van der Waals surface area contributed by atoms with E-state index >= 15 is 0 Å². The lowest BCUT2D eigenvalue weighted by Crippen LogP contribution is -2.45. The monoisotopic (exact) mass is 404 g/mol. The maximum absolute atomic E-state index is 12.7. The summed E-state index contributed by atoms with van der Waals surface area (Å²) in [4.78, 5) is 24.2. The third-order valence-electron chi connectivity index (χ3n) is 4.12. The number of sulfonamides is 1. The molecular formula is C20H24N2O5S. The van der Waals surface area contributed by atoms with Crippen molar-refractivity contribution in [1.82, 2.24) is 0 Å². The molecule has 0 unspecified atom stereocenters. The Kier molecular flexibility index (Phi) is 6.45. The predicted octanol–water partition coefficient (Wildman–Crippen LogP) is 2.88. The molecule has 0 aromatic heterocycles. The first-order chi connectivity index (χ1) is 13.0. The second-order valence-electron chi connectivity index (χ2n) is 6.64. The maximum atomic E-state index is 12.7. The normalized spacial score (nSPS) is 12.2. The van der Waals surface area contributed by atoms with E-state index in [2.05, 4.69) is 10.1 Å². The van der Waals surface area contributed by atoms with Crippen LogP contribution in [0.5, 0.6) is 0 Å². The summed E-state index contributed by atoms with van der Waals surface area (Å²) >= 11 is 0. The highest BCUT2D eigenvalue weighted by Gasteiger charge is 2.29. The molecular weight excluding hydrogens is 380 g/mol. The number of methoxy groups -OCH3 is 1. The van der Waals surface area contributed by atoms with Crippen LogP contribution in [0.1, 0.15) is 28.4 Å². The summed E-state index contributed by atoms with van der Waals surface area (Å²) in [6.07, 6.45) is 1.07. The van der Waals surface area contributed by atoms with Gasteiger partial charge < -0.3 is 10.1 Å². The smallest absolute Gasteiger partial charge is 0.337 e. The van der Waals surface area contributed by atoms with E-state index in [0.717, 1.165) is 21.7 Å². The van der Waals surface area contributed by atoms with E-state index in [1.165, 1.54) is 26.2 Å². The highest BCUT2D eigenvalue weighted by atomic mass is 32.2. The first-order valence-corrected chi connectivity index (χ1v) is 10.4. The van der Waals surface area contributed by atoms with E-state index in [-0.39, 0.29) is 0 Å². The molecule has 8 heteroatoms. The summed E-state index contributed by atoms with van der Waals surface area (Å²) < 4.78 is 30.5. The Bertz CT molecular complexity index is 964. The van der Waals surface area contributed by atoms with Crippen LogP contribution in [-0.2, 0) is 19.6 Å². The molecule has 1 amide bonds. The zero-order chi connectivity index (χ0) is 21.1. The highest BCUT2D eigenvalue weighted by molar-refractivity contribution is 7.92. The van der Waals surface area contributed by atoms with Crippen molar-refractivity contribution in [2.45, 2.75) is 26.8 Å². The summed E-state index contributed by atoms with van der Waals surface area (Å²) in [5.41, 5.74) is 3.02. The predicted molar refractivity (Wildman–Crippen MR) is 109 cm³/mol. The number of rotatable bonds is 6. The van der Waals surface area contributed by atoms with Crippen molar-refractivity contribution in [3.05, 3.63) is 59.2 Å². The molecule has 150 valence electrons. The Labute approximate surface area is 165 Å². The fourth-order valence-corrected chi connectivity index (χ4v) is 4.10. The van der Waals surface area contributed by atoms with Crippen LogP contribution in [0.25, 0.3) is 0 Å². The lowest BCUT2D eigenvalue weighted by atomic mass is 10.1. The van der Waals surface area contributed by atoms with Gasteiger partial charge in [-0.25, -0.2) is 13.2 Å². The molecule has 0 bridgehead atoms. The molecule has 28 heavy (non-hydrogen) atoms. The van der Waals surface area contributed by atoms with Crippen molar-refractivity contribution in [2.75, 3.05) is 23.0 Å². The minimum atomic E-state index is -3.70. The number of aryl methyl sites for hydroxylation is 2. The number of nitrogens with zero attached hydrogens (tertiary/aromatic N) is 1. The fourth-order valence-electron chi connectivity index (χ4n) is 2.94. The van der Waals surface area contributed by atoms with Crippen LogP contribution >= 0.6 is 0 Å². The Hall–Kier alpha value is -2.87. The van der Waals surface area contributed by atoms with Crippen LogP contribution in [0.4, 0.5) is 11.4 Å². The molecule has 1 N–H and O–H groups in total. The van der Waals surface area contributed by atoms with E-state index in [9.17, 15) is 18.0 Å². The van der Waals surface area contributed by atoms with Crippen LogP contribution in [0.3, 0.4) is 0 Å². The van der Waals surface area contributed by atoms with E-state index in [4.69, 9.17) is 0 Å². The molecule has 2 aromatic carbocycles. The second kappa shape index (κ2) is 8.43. The zero-order valence-corrected chi connectivity index (χ0v) is 17.3. The molecule has 0 saturated heterocycles. The molecule has 0 radical (unpaired) electrons. The van der Waals surface area contributed by atoms with Gasteiger partial charge in [0.1, 0.15) is 6.04 Å². The van der Waals surface area contributed by atoms with Crippen LogP contribution in [0, 0.1) is 13.8 Å². The summed E-state index contributed by atoms with van der Waals surface area (Å²) in [5.74, 6) is -0.972. The molecule has 1 atom stereocenters. The zero-order valence-electron chi connectivity index (χ0n) is 16.5. The third-order valence-corrected chi connectivity index (χ3v) is 5.36. The van der Waals surface area contributed by atoms with Gasteiger partial charge in [0, 0.05) is 5.69 Å². The molecule has 0 aliphatic rings. The van der Waals surface area contributed by atoms with Gasteiger partial charge in [-0.05, 0) is 68.3 Å². The number of amides is 1. The van der Waals surface area contributed by atoms with Crippen molar-refractivity contribution in [1.29, 1.82) is 0 Å². The third kappa shape index (κ3) is 5.10. The molecule has 0 spiro atoms. The lowest BCUT2D eigenvalue weighted by Gasteiger charge is -2.28. The Morgan fingerprint density at radius 2 is 1.57 bits per heavy atom. The minimum Gasteiger partial charge on any atom is -0.465 e. The highest BCUT2D eigenvalue weighted by Crippen LogP contribution is 2.24. The van der Waals surface area contributed by atoms with Crippen LogP contribution in [-0.4, -0.2) is 39.7 Å². The van der Waals surface area contributed by atoms with Crippen molar-refractivity contribution in [3.8, 4) is 0 Å². The maximum Gasteiger partial charge on any atom is 0.337 e. The molecule has 0 aliphatic heterocycles. The van der Waals surface area contributed by atoms with Crippen molar-refractivity contribution in [3.63, 3.8) is 0 Å². The van der Waals surface area contributed by atoms with Crippen molar-refractivity contribution >= 4 is 33.3 Å². The molecule has 0 heterocycles. The number of ether oxygens (including phenoxy) is 1. The van der Waals surface area contributed by atoms with Gasteiger partial charge in [0.25, 0.3) is 0 Å². The van der Waals surface area contributed by atoms with Gasteiger partial charge in [-0.15, -0.1) is 0 Å². The van der Waals surface area contributed by atoms with Crippen molar-refractivity contribution < 1.29 is 22.7 Å². The second-order valence-corrected chi connectivity index (χ2v) is 8.50. The minimum absolute atomic E-state index is 0.349. The van der Waals surface area contributed by atoms with E-state index in [1.54, 1.807) is 24.3 Å². The number of anilines is 2. The first kappa shape index (κ1) is 21.4. The number of benzene rings is 2. The number of carbonyl (C=O) groups excluding carboxylic acids is 2. The number of carbonyl (C=O) groups is 2. The van der Waals surface area contributed by atoms with E-state index in [0.29, 0.717) is 16.9 Å². The summed E-state index contributed by atoms with van der Waals surface area (Å²) in [6, 6.07) is 10.5. The van der Waals surface area contributed by atoms with Gasteiger partial charge in [-0.1, -0.05) is 6.07 Å². The van der Waals surface area contributed by atoms with Gasteiger partial charge in [0.05, 0.1) is 24.6 Å². The van der Waals surface area contributed by atoms with Gasteiger partial charge in [-0.3, -0.25) is 9.10 Å². The average Bonchev–Trinajstić information content (AvgIpc) is 2.59. The van der Waals surface area contributed by atoms with Gasteiger partial charge in [0.2, 0.25) is 15.9 Å². The fraction of sp³-hybridized carbons (Fsp3) is 0.300. The Balaban J connectivity index is 2.28. The lowest BCUT2D eigenvalue weighted by molar-refractivity contribution is -0.116. The topological polar surface area (TPSA) is 92.8 Å². The number of hydrogen-bond acceptors (Lipinski definition) is 5. The van der Waals surface area contributed by atoms with Crippen molar-refractivity contribution in [2.24, 2.45) is 0 Å². The number of nitrogens with one attached hydrogen (secondary N) is 1. The largest absolute Gasteiger partial charge is 0.465 e. The summed E-state index contributed by atoms with van der Waals surface area (Å²) in [7, 11) is -2.41. The Morgan fingerprint density at radius 1 is 1.04 bits per heavy atom. The summed E-state index contributed by atoms with van der Waals surface area (Å²) in [5, 5.41) is 2.68. The van der Waals surface area contributed by atoms with E-state index < -0.39 is 27.9 Å². The van der Waals surface area contributed by atoms with Crippen LogP contribution in [0.2, 0.25) is 0 Å². The van der Waals surface area contributed by atoms with Gasteiger partial charge in [-0.2, -0.15) is 0 Å². The molecule has 0 aliphatic carbocycles. The quantitative estimate of drug-likeness (QED) is 0.748. The average molecular weight is 404 g/mol. The SMILES string of the molecule is COC(=O)c1ccc(NC(=O)[C@@H](C)N(c2cc(C)cc(C)c2)S(C)(=O)=O)cc1. The molecule has 2 rings (SSSR count). The number of hydrogen-bond donors (Lipinski definition) is 1. The van der Waals surface area contributed by atoms with Crippen LogP contribution in [0.15, 0.2) is 42.5 Å². The van der Waals surface area contributed by atoms with Gasteiger partial charge >= 0.3 is 5.97 Å². The summed E-state index contributed by atoms with van der Waals surface area (Å²) in [6.45, 7) is 5.26. The van der Waals surface area contributed by atoms with Gasteiger partial charge in [0.15, 0.2) is 0 Å². The number of esters is 1. The Morgan fingerprint density at radius 3 is 2.04 bits per heavy atom. The first-order valence-electron chi connectivity index (χ1n) is 8.60. The van der Waals surface area contributed by atoms with Crippen LogP contribution < -0.4 is 9.62 Å². The standard InChI is InChI=1S/C20H24N2O5S/c1-13-10-14(2)12-18(11-13)22(28(5,25)26)15(3)19(23)21-17-8-6-16(7-9-17)20(24)27-4/h6-12,15H,1-5H3,(H,21,23)/t15-/m1/s1. The van der Waals surface area contributed by atoms with E-state index in [1.807, 2.05) is 19.9 Å². The molecule has 7 nitrogen and oxygen atoms in total. The molecule has 0 fully saturated rings. The molecule has 0 saturated carbocycles. The molecule has 2 aromatic rings.